The Hall–Kier alpha value is -1.89. The van der Waals surface area contributed by atoms with Gasteiger partial charge in [0.15, 0.2) is 0 Å². The number of esters is 3. The lowest BCUT2D eigenvalue weighted by atomic mass is 9.69. The fraction of sp³-hybridized carbons (Fsp3) is 0.737. The maximum absolute atomic E-state index is 12.0. The molecule has 3 fully saturated rings. The fourth-order valence-electron chi connectivity index (χ4n) is 5.41. The van der Waals surface area contributed by atoms with Gasteiger partial charge in [0, 0.05) is 36.7 Å². The minimum Gasteiger partial charge on any atom is -0.459 e. The van der Waals surface area contributed by atoms with E-state index in [9.17, 15) is 19.5 Å². The maximum atomic E-state index is 12.0. The van der Waals surface area contributed by atoms with E-state index in [1.165, 1.54) is 13.8 Å². The number of carbonyl (C=O) groups is 3. The molecule has 7 nitrogen and oxygen atoms in total. The normalized spacial score (nSPS) is 44.6. The summed E-state index contributed by atoms with van der Waals surface area (Å²) in [5.74, 6) is -1.86. The number of hydrogen-bond acceptors (Lipinski definition) is 7. The van der Waals surface area contributed by atoms with Gasteiger partial charge in [0.25, 0.3) is 0 Å². The Morgan fingerprint density at radius 1 is 1.27 bits per heavy atom. The number of rotatable bonds is 2. The quantitative estimate of drug-likeness (QED) is 0.448. The van der Waals surface area contributed by atoms with Gasteiger partial charge >= 0.3 is 17.9 Å². The Kier molecular flexibility index (Phi) is 4.63. The highest BCUT2D eigenvalue weighted by molar-refractivity contribution is 5.90. The Morgan fingerprint density at radius 3 is 2.46 bits per heavy atom. The standard InChI is InChI=1S/C19H26O7/c1-8-6-13-12(9(2)18(23)26-13)7-19(5)14(8)16(24-10(3)20)15(22)17(19)25-11(4)21/h8,12-17,22H,2,6-7H2,1,3-5H3. The highest BCUT2D eigenvalue weighted by Gasteiger charge is 2.65. The molecule has 1 N–H and O–H groups in total. The van der Waals surface area contributed by atoms with Crippen molar-refractivity contribution in [2.45, 2.75) is 65.0 Å². The van der Waals surface area contributed by atoms with Crippen molar-refractivity contribution in [1.82, 2.24) is 0 Å². The van der Waals surface area contributed by atoms with Crippen LogP contribution in [0.25, 0.3) is 0 Å². The van der Waals surface area contributed by atoms with Gasteiger partial charge in [-0.15, -0.1) is 0 Å². The van der Waals surface area contributed by atoms with Crippen LogP contribution in [0, 0.1) is 23.2 Å². The molecule has 1 saturated heterocycles. The lowest BCUT2D eigenvalue weighted by Gasteiger charge is -2.38. The monoisotopic (exact) mass is 366 g/mol. The second-order valence-corrected chi connectivity index (χ2v) is 8.12. The van der Waals surface area contributed by atoms with Crippen molar-refractivity contribution in [3.63, 3.8) is 0 Å². The summed E-state index contributed by atoms with van der Waals surface area (Å²) in [6.07, 6.45) is -1.99. The van der Waals surface area contributed by atoms with Gasteiger partial charge < -0.3 is 19.3 Å². The Bertz CT molecular complexity index is 656. The summed E-state index contributed by atoms with van der Waals surface area (Å²) in [5, 5.41) is 10.8. The van der Waals surface area contributed by atoms with Crippen LogP contribution in [0.1, 0.15) is 40.5 Å². The Labute approximate surface area is 152 Å². The van der Waals surface area contributed by atoms with Crippen molar-refractivity contribution in [2.24, 2.45) is 23.2 Å². The smallest absolute Gasteiger partial charge is 0.334 e. The van der Waals surface area contributed by atoms with Crippen LogP contribution in [0.3, 0.4) is 0 Å². The molecule has 3 aliphatic rings. The molecule has 0 amide bonds. The van der Waals surface area contributed by atoms with Crippen molar-refractivity contribution in [3.8, 4) is 0 Å². The van der Waals surface area contributed by atoms with E-state index >= 15 is 0 Å². The van der Waals surface area contributed by atoms with E-state index in [0.29, 0.717) is 18.4 Å². The molecule has 0 aromatic heterocycles. The van der Waals surface area contributed by atoms with Crippen LogP contribution in [0.15, 0.2) is 12.2 Å². The lowest BCUT2D eigenvalue weighted by Crippen LogP contribution is -2.41. The molecule has 2 aliphatic carbocycles. The van der Waals surface area contributed by atoms with Gasteiger partial charge in [-0.2, -0.15) is 0 Å². The van der Waals surface area contributed by atoms with E-state index in [2.05, 4.69) is 6.58 Å². The van der Waals surface area contributed by atoms with Crippen molar-refractivity contribution in [2.75, 3.05) is 0 Å². The first kappa shape index (κ1) is 18.9. The number of ether oxygens (including phenoxy) is 3. The molecule has 2 saturated carbocycles. The van der Waals surface area contributed by atoms with E-state index < -0.39 is 41.6 Å². The molecule has 26 heavy (non-hydrogen) atoms. The van der Waals surface area contributed by atoms with Gasteiger partial charge in [-0.3, -0.25) is 9.59 Å². The summed E-state index contributed by atoms with van der Waals surface area (Å²) < 4.78 is 16.4. The predicted octanol–water partition coefficient (Wildman–Crippen LogP) is 1.37. The zero-order valence-corrected chi connectivity index (χ0v) is 15.6. The third-order valence-electron chi connectivity index (χ3n) is 6.30. The first-order valence-corrected chi connectivity index (χ1v) is 8.98. The Morgan fingerprint density at radius 2 is 1.88 bits per heavy atom. The first-order chi connectivity index (χ1) is 12.1. The molecule has 0 radical (unpaired) electrons. The fourth-order valence-corrected chi connectivity index (χ4v) is 5.41. The molecule has 3 rings (SSSR count). The summed E-state index contributed by atoms with van der Waals surface area (Å²) in [5.41, 5.74) is -0.267. The van der Waals surface area contributed by atoms with Gasteiger partial charge in [-0.25, -0.2) is 4.79 Å². The highest BCUT2D eigenvalue weighted by Crippen LogP contribution is 2.58. The number of carbonyl (C=O) groups excluding carboxylic acids is 3. The molecular weight excluding hydrogens is 340 g/mol. The molecule has 0 aromatic carbocycles. The van der Waals surface area contributed by atoms with E-state index in [0.717, 1.165) is 0 Å². The van der Waals surface area contributed by atoms with Crippen LogP contribution in [0.4, 0.5) is 0 Å². The zero-order chi connectivity index (χ0) is 19.4. The maximum Gasteiger partial charge on any atom is 0.334 e. The second-order valence-electron chi connectivity index (χ2n) is 8.12. The minimum absolute atomic E-state index is 0.0201. The van der Waals surface area contributed by atoms with Crippen LogP contribution < -0.4 is 0 Å². The number of fused-ring (bicyclic) bond motifs is 2. The van der Waals surface area contributed by atoms with Gasteiger partial charge in [-0.05, 0) is 18.8 Å². The second kappa shape index (κ2) is 6.37. The van der Waals surface area contributed by atoms with Gasteiger partial charge in [0.2, 0.25) is 0 Å². The van der Waals surface area contributed by atoms with Crippen molar-refractivity contribution < 1.29 is 33.7 Å². The molecular formula is C19H26O7. The average Bonchev–Trinajstić information content (AvgIpc) is 2.82. The van der Waals surface area contributed by atoms with E-state index in [1.807, 2.05) is 13.8 Å². The van der Waals surface area contributed by atoms with Crippen molar-refractivity contribution in [3.05, 3.63) is 12.2 Å². The van der Waals surface area contributed by atoms with E-state index in [1.54, 1.807) is 0 Å². The first-order valence-electron chi connectivity index (χ1n) is 8.98. The zero-order valence-electron chi connectivity index (χ0n) is 15.6. The van der Waals surface area contributed by atoms with E-state index in [-0.39, 0.29) is 23.9 Å². The number of aliphatic hydroxyl groups is 1. The molecule has 7 heteroatoms. The Balaban J connectivity index is 2.04. The number of hydrogen-bond donors (Lipinski definition) is 1. The van der Waals surface area contributed by atoms with Crippen LogP contribution in [-0.4, -0.2) is 47.4 Å². The van der Waals surface area contributed by atoms with Gasteiger partial charge in [0.1, 0.15) is 24.4 Å². The third-order valence-corrected chi connectivity index (χ3v) is 6.30. The van der Waals surface area contributed by atoms with Crippen molar-refractivity contribution in [1.29, 1.82) is 0 Å². The summed E-state index contributed by atoms with van der Waals surface area (Å²) >= 11 is 0. The molecule has 8 atom stereocenters. The molecule has 1 heterocycles. The number of aliphatic hydroxyl groups excluding tert-OH is 1. The highest BCUT2D eigenvalue weighted by atomic mass is 16.6. The van der Waals surface area contributed by atoms with E-state index in [4.69, 9.17) is 14.2 Å². The third kappa shape index (κ3) is 2.82. The lowest BCUT2D eigenvalue weighted by molar-refractivity contribution is -0.163. The summed E-state index contributed by atoms with van der Waals surface area (Å²) in [6.45, 7) is 10.4. The molecule has 0 spiro atoms. The topological polar surface area (TPSA) is 99.1 Å². The molecule has 1 aliphatic heterocycles. The summed E-state index contributed by atoms with van der Waals surface area (Å²) in [4.78, 5) is 35.2. The van der Waals surface area contributed by atoms with Crippen molar-refractivity contribution >= 4 is 17.9 Å². The molecule has 0 bridgehead atoms. The van der Waals surface area contributed by atoms with Crippen LogP contribution in [0.2, 0.25) is 0 Å². The minimum atomic E-state index is -1.12. The summed E-state index contributed by atoms with van der Waals surface area (Å²) in [6, 6.07) is 0. The van der Waals surface area contributed by atoms with Crippen LogP contribution in [-0.2, 0) is 28.6 Å². The largest absolute Gasteiger partial charge is 0.459 e. The predicted molar refractivity (Wildman–Crippen MR) is 89.6 cm³/mol. The summed E-state index contributed by atoms with van der Waals surface area (Å²) in [7, 11) is 0. The SMILES string of the molecule is C=C1C(=O)OC2CC(C)C3C(OC(C)=O)C(O)C(OC(C)=O)C3(C)CC12. The average molecular weight is 366 g/mol. The van der Waals surface area contributed by atoms with Gasteiger partial charge in [-0.1, -0.05) is 20.4 Å². The molecule has 0 aromatic rings. The van der Waals surface area contributed by atoms with Crippen LogP contribution in [0.5, 0.6) is 0 Å². The molecule has 144 valence electrons. The van der Waals surface area contributed by atoms with Crippen LogP contribution >= 0.6 is 0 Å². The molecule has 8 unspecified atom stereocenters. The van der Waals surface area contributed by atoms with Gasteiger partial charge in [0.05, 0.1) is 0 Å².